The van der Waals surface area contributed by atoms with Crippen LogP contribution in [0.1, 0.15) is 22.5 Å². The maximum absolute atomic E-state index is 14.3. The van der Waals surface area contributed by atoms with Crippen molar-refractivity contribution in [2.75, 3.05) is 6.61 Å². The van der Waals surface area contributed by atoms with Gasteiger partial charge in [0.25, 0.3) is 5.56 Å². The number of ether oxygens (including phenoxy) is 1. The largest absolute Gasteiger partial charge is 0.492 e. The molecule has 0 atom stereocenters. The Kier molecular flexibility index (Phi) is 6.60. The van der Waals surface area contributed by atoms with Gasteiger partial charge in [-0.25, -0.2) is 18.6 Å². The second-order valence-corrected chi connectivity index (χ2v) is 10.3. The molecule has 41 heavy (non-hydrogen) atoms. The van der Waals surface area contributed by atoms with Crippen molar-refractivity contribution < 1.29 is 13.5 Å². The Labute approximate surface area is 240 Å². The summed E-state index contributed by atoms with van der Waals surface area (Å²) in [5.41, 5.74) is 1.15. The topological polar surface area (TPSA) is 108 Å². The van der Waals surface area contributed by atoms with Crippen LogP contribution in [0.15, 0.2) is 52.3 Å². The van der Waals surface area contributed by atoms with Crippen LogP contribution in [0, 0.1) is 23.0 Å². The van der Waals surface area contributed by atoms with Gasteiger partial charge in [0, 0.05) is 29.6 Å². The van der Waals surface area contributed by atoms with Crippen molar-refractivity contribution in [3.63, 3.8) is 0 Å². The number of hydrogen-bond acceptors (Lipinski definition) is 6. The molecule has 3 heterocycles. The quantitative estimate of drug-likeness (QED) is 0.278. The van der Waals surface area contributed by atoms with Gasteiger partial charge >= 0.3 is 5.69 Å². The molecule has 0 radical (unpaired) electrons. The lowest BCUT2D eigenvalue weighted by atomic mass is 9.94. The Morgan fingerprint density at radius 3 is 2.56 bits per heavy atom. The van der Waals surface area contributed by atoms with Crippen LogP contribution in [-0.2, 0) is 26.6 Å². The van der Waals surface area contributed by atoms with Crippen LogP contribution in [0.5, 0.6) is 5.75 Å². The normalized spacial score (nSPS) is 12.4. The molecule has 5 aromatic rings. The smallest absolute Gasteiger partial charge is 0.332 e. The van der Waals surface area contributed by atoms with Crippen LogP contribution in [-0.4, -0.2) is 30.5 Å². The van der Waals surface area contributed by atoms with E-state index in [0.29, 0.717) is 33.7 Å². The van der Waals surface area contributed by atoms with Gasteiger partial charge in [-0.3, -0.25) is 18.6 Å². The lowest BCUT2D eigenvalue weighted by Gasteiger charge is -2.18. The van der Waals surface area contributed by atoms with Crippen LogP contribution in [0.2, 0.25) is 10.0 Å². The van der Waals surface area contributed by atoms with Gasteiger partial charge in [-0.2, -0.15) is 10.4 Å². The number of halogens is 4. The van der Waals surface area contributed by atoms with E-state index in [1.807, 2.05) is 0 Å². The highest BCUT2D eigenvalue weighted by molar-refractivity contribution is 6.33. The maximum Gasteiger partial charge on any atom is 0.332 e. The zero-order valence-corrected chi connectivity index (χ0v) is 22.8. The summed E-state index contributed by atoms with van der Waals surface area (Å²) in [6, 6.07) is 10.7. The number of aryl methyl sites for hydroxylation is 1. The molecule has 0 saturated heterocycles. The van der Waals surface area contributed by atoms with Crippen molar-refractivity contribution in [3.05, 3.63) is 108 Å². The predicted molar refractivity (Wildman–Crippen MR) is 147 cm³/mol. The first-order valence-electron chi connectivity index (χ1n) is 12.3. The molecule has 6 rings (SSSR count). The minimum Gasteiger partial charge on any atom is -0.492 e. The van der Waals surface area contributed by atoms with Gasteiger partial charge in [0.2, 0.25) is 0 Å². The highest BCUT2D eigenvalue weighted by Crippen LogP contribution is 2.42. The number of nitrogens with zero attached hydrogens (tertiary/aromatic N) is 6. The Bertz CT molecular complexity index is 2040. The molecule has 0 spiro atoms. The molecule has 0 N–H and O–H groups in total. The molecular weight excluding hydrogens is 577 g/mol. The van der Waals surface area contributed by atoms with Gasteiger partial charge in [-0.15, -0.1) is 0 Å². The molecule has 2 aromatic heterocycles. The summed E-state index contributed by atoms with van der Waals surface area (Å²) in [6.07, 6.45) is 1.89. The number of benzene rings is 3. The van der Waals surface area contributed by atoms with Crippen molar-refractivity contribution in [3.8, 4) is 22.9 Å². The standard InChI is InChI=1S/C28H18Cl2F2N6O3/c1-36-13-34-23(35-36)12-38-27(39)24-22(37(28(38)40)11-15-7-20(30)25(32)21(31)8-15)9-17(16-4-5-41-26(16)24)18-6-14(10-33)2-3-19(18)29/h2-3,6-9,13H,4-5,11-12H2,1H3. The van der Waals surface area contributed by atoms with E-state index in [9.17, 15) is 23.6 Å². The monoisotopic (exact) mass is 594 g/mol. The Balaban J connectivity index is 1.68. The fourth-order valence-electron chi connectivity index (χ4n) is 5.05. The van der Waals surface area contributed by atoms with Gasteiger partial charge in [0.05, 0.1) is 41.9 Å². The molecule has 0 fully saturated rings. The van der Waals surface area contributed by atoms with E-state index in [4.69, 9.17) is 27.9 Å². The Morgan fingerprint density at radius 1 is 1.05 bits per heavy atom. The molecule has 3 aromatic carbocycles. The van der Waals surface area contributed by atoms with E-state index >= 15 is 0 Å². The molecular formula is C28H18Cl2F2N6O3. The lowest BCUT2D eigenvalue weighted by molar-refractivity contribution is 0.359. The molecule has 1 aliphatic heterocycles. The molecule has 0 unspecified atom stereocenters. The van der Waals surface area contributed by atoms with Gasteiger partial charge in [-0.1, -0.05) is 23.2 Å². The van der Waals surface area contributed by atoms with Crippen LogP contribution in [0.4, 0.5) is 8.78 Å². The van der Waals surface area contributed by atoms with Crippen LogP contribution < -0.4 is 16.0 Å². The molecule has 0 bridgehead atoms. The van der Waals surface area contributed by atoms with Crippen molar-refractivity contribution in [2.24, 2.45) is 7.05 Å². The minimum atomic E-state index is -1.21. The van der Waals surface area contributed by atoms with Crippen LogP contribution in [0.3, 0.4) is 0 Å². The van der Waals surface area contributed by atoms with Crippen LogP contribution >= 0.6 is 23.2 Å². The predicted octanol–water partition coefficient (Wildman–Crippen LogP) is 4.45. The van der Waals surface area contributed by atoms with E-state index in [1.54, 1.807) is 31.3 Å². The number of fused-ring (bicyclic) bond motifs is 3. The van der Waals surface area contributed by atoms with E-state index in [2.05, 4.69) is 16.2 Å². The number of aromatic nitrogens is 5. The number of hydrogen-bond donors (Lipinski definition) is 0. The van der Waals surface area contributed by atoms with Gasteiger partial charge in [-0.05, 0) is 47.5 Å². The summed E-state index contributed by atoms with van der Waals surface area (Å²) in [6.45, 7) is -0.220. The second kappa shape index (κ2) is 10.1. The fourth-order valence-corrected chi connectivity index (χ4v) is 5.50. The summed E-state index contributed by atoms with van der Waals surface area (Å²) in [4.78, 5) is 32.0. The highest BCUT2D eigenvalue weighted by atomic mass is 35.5. The number of nitriles is 1. The molecule has 206 valence electrons. The zero-order chi connectivity index (χ0) is 29.0. The average Bonchev–Trinajstić information content (AvgIpc) is 3.60. The molecule has 0 aliphatic carbocycles. The van der Waals surface area contributed by atoms with Crippen molar-refractivity contribution in [2.45, 2.75) is 19.5 Å². The van der Waals surface area contributed by atoms with E-state index in [0.717, 1.165) is 10.6 Å². The lowest BCUT2D eigenvalue weighted by Crippen LogP contribution is -2.41. The first kappa shape index (κ1) is 26.7. The maximum atomic E-state index is 14.3. The molecule has 13 heteroatoms. The highest BCUT2D eigenvalue weighted by Gasteiger charge is 2.28. The summed E-state index contributed by atoms with van der Waals surface area (Å²) in [5.74, 6) is -1.89. The van der Waals surface area contributed by atoms with Crippen molar-refractivity contribution in [1.82, 2.24) is 23.9 Å². The third-order valence-corrected chi connectivity index (χ3v) is 7.49. The second-order valence-electron chi connectivity index (χ2n) is 9.50. The zero-order valence-electron chi connectivity index (χ0n) is 21.3. The SMILES string of the molecule is Cn1cnc(Cn2c(=O)c3c4c(c(-c5cc(C#N)ccc5Cl)cc3n(Cc3cc(F)c(F)c(Cl)c3)c2=O)CCO4)n1. The summed E-state index contributed by atoms with van der Waals surface area (Å²) in [5, 5.41) is 13.7. The average molecular weight is 595 g/mol. The molecule has 0 saturated carbocycles. The summed E-state index contributed by atoms with van der Waals surface area (Å²) < 4.78 is 37.9. The first-order chi connectivity index (χ1) is 19.7. The molecule has 0 amide bonds. The summed E-state index contributed by atoms with van der Waals surface area (Å²) in [7, 11) is 1.65. The van der Waals surface area contributed by atoms with Crippen molar-refractivity contribution >= 4 is 34.1 Å². The fraction of sp³-hybridized carbons (Fsp3) is 0.179. The third kappa shape index (κ3) is 4.55. The van der Waals surface area contributed by atoms with E-state index in [-0.39, 0.29) is 47.7 Å². The van der Waals surface area contributed by atoms with E-state index < -0.39 is 27.9 Å². The Morgan fingerprint density at radius 2 is 1.85 bits per heavy atom. The van der Waals surface area contributed by atoms with Crippen molar-refractivity contribution in [1.29, 1.82) is 5.26 Å². The molecule has 1 aliphatic rings. The number of rotatable bonds is 5. The molecule has 9 nitrogen and oxygen atoms in total. The first-order valence-corrected chi connectivity index (χ1v) is 13.1. The van der Waals surface area contributed by atoms with Gasteiger partial charge in [0.15, 0.2) is 17.5 Å². The third-order valence-electron chi connectivity index (χ3n) is 6.89. The van der Waals surface area contributed by atoms with E-state index in [1.165, 1.54) is 21.6 Å². The van der Waals surface area contributed by atoms with Crippen LogP contribution in [0.25, 0.3) is 22.0 Å². The minimum absolute atomic E-state index is 0.123. The Hall–Kier alpha value is -4.53. The summed E-state index contributed by atoms with van der Waals surface area (Å²) >= 11 is 12.4. The van der Waals surface area contributed by atoms with Gasteiger partial charge in [0.1, 0.15) is 17.5 Å². The van der Waals surface area contributed by atoms with Gasteiger partial charge < -0.3 is 4.74 Å².